The van der Waals surface area contributed by atoms with Gasteiger partial charge in [0.05, 0.1) is 0 Å². The zero-order valence-corrected chi connectivity index (χ0v) is 18.9. The lowest BCUT2D eigenvalue weighted by atomic mass is 9.97. The molecule has 4 nitrogen and oxygen atoms in total. The predicted molar refractivity (Wildman–Crippen MR) is 126 cm³/mol. The minimum Gasteiger partial charge on any atom is -0.354 e. The van der Waals surface area contributed by atoms with Crippen LogP contribution in [-0.2, 0) is 16.1 Å². The second-order valence-corrected chi connectivity index (χ2v) is 8.40. The number of carbonyl (C=O) groups excluding carboxylic acids is 2. The van der Waals surface area contributed by atoms with Gasteiger partial charge in [0.2, 0.25) is 11.8 Å². The zero-order valence-electron chi connectivity index (χ0n) is 18.1. The van der Waals surface area contributed by atoms with Gasteiger partial charge in [-0.2, -0.15) is 0 Å². The molecule has 3 rings (SSSR count). The molecule has 2 aromatic carbocycles. The summed E-state index contributed by atoms with van der Waals surface area (Å²) in [6.45, 7) is 2.76. The van der Waals surface area contributed by atoms with Crippen molar-refractivity contribution in [1.29, 1.82) is 0 Å². The van der Waals surface area contributed by atoms with E-state index in [1.807, 2.05) is 49.4 Å². The number of halogens is 1. The first kappa shape index (κ1) is 23.1. The van der Waals surface area contributed by atoms with E-state index in [2.05, 4.69) is 11.4 Å². The van der Waals surface area contributed by atoms with Gasteiger partial charge in [0.15, 0.2) is 0 Å². The number of hydrogen-bond donors (Lipinski definition) is 1. The third-order valence-corrected chi connectivity index (χ3v) is 5.95. The quantitative estimate of drug-likeness (QED) is 0.501. The van der Waals surface area contributed by atoms with E-state index in [0.29, 0.717) is 24.5 Å². The maximum Gasteiger partial charge on any atom is 0.247 e. The number of rotatable bonds is 9. The first-order valence-electron chi connectivity index (χ1n) is 11.1. The Kier molecular flexibility index (Phi) is 8.72. The molecular formula is C26H31ClN2O2. The van der Waals surface area contributed by atoms with Gasteiger partial charge in [0, 0.05) is 24.5 Å². The summed E-state index contributed by atoms with van der Waals surface area (Å²) >= 11 is 6.02. The third-order valence-electron chi connectivity index (χ3n) is 5.69. The van der Waals surface area contributed by atoms with Crippen LogP contribution in [0.25, 0.3) is 0 Å². The van der Waals surface area contributed by atoms with Crippen molar-refractivity contribution in [1.82, 2.24) is 10.2 Å². The molecule has 0 radical (unpaired) electrons. The second-order valence-electron chi connectivity index (χ2n) is 7.96. The van der Waals surface area contributed by atoms with Gasteiger partial charge in [-0.15, -0.1) is 0 Å². The Labute approximate surface area is 190 Å². The molecule has 0 unspecified atom stereocenters. The molecular weight excluding hydrogens is 408 g/mol. The number of allylic oxidation sites excluding steroid dienone is 1. The van der Waals surface area contributed by atoms with Crippen LogP contribution in [-0.4, -0.2) is 23.3 Å². The second kappa shape index (κ2) is 11.7. The molecule has 1 atom stereocenters. The lowest BCUT2D eigenvalue weighted by Gasteiger charge is -2.31. The minimum absolute atomic E-state index is 0.0612. The summed E-state index contributed by atoms with van der Waals surface area (Å²) in [5.41, 5.74) is 3.17. The van der Waals surface area contributed by atoms with Crippen LogP contribution in [0.1, 0.15) is 62.6 Å². The molecule has 0 fully saturated rings. The molecule has 1 aliphatic carbocycles. The SMILES string of the molecule is CCC(=O)N(Cc1ccc(Cl)cc1)[C@H](C(=O)NCCC1=CCCCC1)c1ccccc1. The summed E-state index contributed by atoms with van der Waals surface area (Å²) in [4.78, 5) is 28.0. The number of nitrogens with zero attached hydrogens (tertiary/aromatic N) is 1. The lowest BCUT2D eigenvalue weighted by Crippen LogP contribution is -2.43. The fourth-order valence-corrected chi connectivity index (χ4v) is 4.12. The zero-order chi connectivity index (χ0) is 22.1. The fourth-order valence-electron chi connectivity index (χ4n) is 4.00. The van der Waals surface area contributed by atoms with Crippen molar-refractivity contribution in [2.75, 3.05) is 6.54 Å². The Balaban J connectivity index is 1.80. The Morgan fingerprint density at radius 3 is 2.45 bits per heavy atom. The van der Waals surface area contributed by atoms with E-state index in [4.69, 9.17) is 11.6 Å². The van der Waals surface area contributed by atoms with Gasteiger partial charge in [-0.1, -0.05) is 72.6 Å². The largest absolute Gasteiger partial charge is 0.354 e. The molecule has 1 aliphatic rings. The maximum absolute atomic E-state index is 13.3. The third kappa shape index (κ3) is 6.70. The van der Waals surface area contributed by atoms with Crippen LogP contribution in [0, 0.1) is 0 Å². The van der Waals surface area contributed by atoms with E-state index in [1.165, 1.54) is 18.4 Å². The van der Waals surface area contributed by atoms with Gasteiger partial charge < -0.3 is 10.2 Å². The molecule has 0 aliphatic heterocycles. The van der Waals surface area contributed by atoms with E-state index < -0.39 is 6.04 Å². The summed E-state index contributed by atoms with van der Waals surface area (Å²) in [5, 5.41) is 3.73. The van der Waals surface area contributed by atoms with Crippen LogP contribution >= 0.6 is 11.6 Å². The summed E-state index contributed by atoms with van der Waals surface area (Å²) < 4.78 is 0. The van der Waals surface area contributed by atoms with Crippen molar-refractivity contribution < 1.29 is 9.59 Å². The molecule has 1 N–H and O–H groups in total. The van der Waals surface area contributed by atoms with Crippen LogP contribution in [0.2, 0.25) is 5.02 Å². The molecule has 31 heavy (non-hydrogen) atoms. The molecule has 0 saturated heterocycles. The number of carbonyl (C=O) groups is 2. The Bertz CT molecular complexity index is 893. The first-order valence-corrected chi connectivity index (χ1v) is 11.5. The molecule has 0 saturated carbocycles. The average Bonchev–Trinajstić information content (AvgIpc) is 2.81. The van der Waals surface area contributed by atoms with Crippen LogP contribution < -0.4 is 5.32 Å². The van der Waals surface area contributed by atoms with E-state index >= 15 is 0 Å². The molecule has 0 heterocycles. The predicted octanol–water partition coefficient (Wildman–Crippen LogP) is 5.83. The first-order chi connectivity index (χ1) is 15.1. The Morgan fingerprint density at radius 1 is 1.06 bits per heavy atom. The average molecular weight is 439 g/mol. The molecule has 0 bridgehead atoms. The number of amides is 2. The normalized spacial score (nSPS) is 14.5. The number of hydrogen-bond acceptors (Lipinski definition) is 2. The summed E-state index contributed by atoms with van der Waals surface area (Å²) in [5.74, 6) is -0.202. The highest BCUT2D eigenvalue weighted by molar-refractivity contribution is 6.30. The van der Waals surface area contributed by atoms with Gasteiger partial charge in [-0.05, 0) is 55.4 Å². The summed E-state index contributed by atoms with van der Waals surface area (Å²) in [6.07, 6.45) is 8.24. The summed E-state index contributed by atoms with van der Waals surface area (Å²) in [7, 11) is 0. The van der Waals surface area contributed by atoms with Crippen LogP contribution in [0.3, 0.4) is 0 Å². The molecule has 2 aromatic rings. The number of benzene rings is 2. The Morgan fingerprint density at radius 2 is 1.81 bits per heavy atom. The molecule has 164 valence electrons. The van der Waals surface area contributed by atoms with Crippen LogP contribution in [0.15, 0.2) is 66.2 Å². The van der Waals surface area contributed by atoms with Crippen LogP contribution in [0.4, 0.5) is 0 Å². The van der Waals surface area contributed by atoms with E-state index in [1.54, 1.807) is 17.0 Å². The smallest absolute Gasteiger partial charge is 0.247 e. The maximum atomic E-state index is 13.3. The molecule has 2 amide bonds. The lowest BCUT2D eigenvalue weighted by molar-refractivity contribution is -0.141. The Hall–Kier alpha value is -2.59. The van der Waals surface area contributed by atoms with Gasteiger partial charge in [-0.25, -0.2) is 0 Å². The van der Waals surface area contributed by atoms with Gasteiger partial charge >= 0.3 is 0 Å². The molecule has 0 aromatic heterocycles. The van der Waals surface area contributed by atoms with Crippen molar-refractivity contribution in [3.8, 4) is 0 Å². The van der Waals surface area contributed by atoms with Crippen molar-refractivity contribution in [2.45, 2.75) is 58.0 Å². The van der Waals surface area contributed by atoms with Crippen molar-refractivity contribution >= 4 is 23.4 Å². The van der Waals surface area contributed by atoms with Gasteiger partial charge in [0.25, 0.3) is 0 Å². The van der Waals surface area contributed by atoms with E-state index in [0.717, 1.165) is 30.4 Å². The molecule has 5 heteroatoms. The van der Waals surface area contributed by atoms with Crippen molar-refractivity contribution in [3.63, 3.8) is 0 Å². The highest BCUT2D eigenvalue weighted by Gasteiger charge is 2.30. The minimum atomic E-state index is -0.676. The van der Waals surface area contributed by atoms with Crippen molar-refractivity contribution in [2.24, 2.45) is 0 Å². The van der Waals surface area contributed by atoms with Gasteiger partial charge in [0.1, 0.15) is 6.04 Å². The highest BCUT2D eigenvalue weighted by atomic mass is 35.5. The molecule has 0 spiro atoms. The van der Waals surface area contributed by atoms with E-state index in [-0.39, 0.29) is 11.8 Å². The highest BCUT2D eigenvalue weighted by Crippen LogP contribution is 2.25. The van der Waals surface area contributed by atoms with Crippen LogP contribution in [0.5, 0.6) is 0 Å². The van der Waals surface area contributed by atoms with E-state index in [9.17, 15) is 9.59 Å². The van der Waals surface area contributed by atoms with Gasteiger partial charge in [-0.3, -0.25) is 9.59 Å². The van der Waals surface area contributed by atoms with Crippen molar-refractivity contribution in [3.05, 3.63) is 82.4 Å². The number of nitrogens with one attached hydrogen (secondary N) is 1. The standard InChI is InChI=1S/C26H31ClN2O2/c1-2-24(30)29(19-21-13-15-23(27)16-14-21)25(22-11-7-4-8-12-22)26(31)28-18-17-20-9-5-3-6-10-20/h4,7-9,11-16,25H,2-3,5-6,10,17-19H2,1H3,(H,28,31)/t25-/m0/s1. The topological polar surface area (TPSA) is 49.4 Å². The summed E-state index contributed by atoms with van der Waals surface area (Å²) in [6, 6.07) is 16.3. The monoisotopic (exact) mass is 438 g/mol. The fraction of sp³-hybridized carbons (Fsp3) is 0.385.